The second-order valence-corrected chi connectivity index (χ2v) is 5.57. The molecule has 0 spiro atoms. The number of benzene rings is 2. The van der Waals surface area contributed by atoms with Gasteiger partial charge in [-0.05, 0) is 30.7 Å². The van der Waals surface area contributed by atoms with Crippen molar-refractivity contribution in [3.05, 3.63) is 89.6 Å². The largest absolute Gasteiger partial charge is 0.337 e. The molecule has 4 rings (SSSR count). The van der Waals surface area contributed by atoms with Gasteiger partial charge in [0.15, 0.2) is 0 Å². The number of allylic oxidation sites excluding steroid dienone is 3. The van der Waals surface area contributed by atoms with Crippen molar-refractivity contribution in [2.24, 2.45) is 0 Å². The quantitative estimate of drug-likeness (QED) is 0.585. The van der Waals surface area contributed by atoms with E-state index in [0.717, 1.165) is 6.54 Å². The van der Waals surface area contributed by atoms with E-state index in [1.807, 2.05) is 0 Å². The SMILES string of the molecule is CC1=CCn2c(cc3ccccc32)C(c2ccccc2)=C1. The molecule has 0 saturated heterocycles. The van der Waals surface area contributed by atoms with Crippen molar-refractivity contribution in [2.75, 3.05) is 0 Å². The summed E-state index contributed by atoms with van der Waals surface area (Å²) in [7, 11) is 0. The lowest BCUT2D eigenvalue weighted by Gasteiger charge is -2.10. The maximum absolute atomic E-state index is 2.41. The summed E-state index contributed by atoms with van der Waals surface area (Å²) >= 11 is 0. The number of rotatable bonds is 1. The molecular weight excluding hydrogens is 254 g/mol. The Bertz CT molecular complexity index is 863. The third-order valence-electron chi connectivity index (χ3n) is 4.14. The molecule has 1 nitrogen and oxygen atoms in total. The lowest BCUT2D eigenvalue weighted by atomic mass is 10.0. The summed E-state index contributed by atoms with van der Waals surface area (Å²) in [5.41, 5.74) is 6.51. The molecule has 0 atom stereocenters. The van der Waals surface area contributed by atoms with Crippen molar-refractivity contribution in [1.29, 1.82) is 0 Å². The van der Waals surface area contributed by atoms with Crippen LogP contribution in [0.1, 0.15) is 18.2 Å². The molecule has 1 aliphatic rings. The zero-order valence-corrected chi connectivity index (χ0v) is 12.1. The lowest BCUT2D eigenvalue weighted by molar-refractivity contribution is 0.850. The molecule has 0 unspecified atom stereocenters. The minimum Gasteiger partial charge on any atom is -0.337 e. The van der Waals surface area contributed by atoms with E-state index in [1.165, 1.54) is 33.3 Å². The zero-order chi connectivity index (χ0) is 14.2. The van der Waals surface area contributed by atoms with Crippen LogP contribution in [0.25, 0.3) is 16.5 Å². The topological polar surface area (TPSA) is 4.93 Å². The first-order chi connectivity index (χ1) is 10.3. The Morgan fingerprint density at radius 2 is 1.67 bits per heavy atom. The van der Waals surface area contributed by atoms with Crippen LogP contribution in [0.15, 0.2) is 78.4 Å². The van der Waals surface area contributed by atoms with Gasteiger partial charge in [-0.2, -0.15) is 0 Å². The molecule has 21 heavy (non-hydrogen) atoms. The maximum Gasteiger partial charge on any atom is 0.0500 e. The molecule has 0 radical (unpaired) electrons. The molecule has 0 saturated carbocycles. The summed E-state index contributed by atoms with van der Waals surface area (Å²) in [6.45, 7) is 3.11. The molecule has 0 fully saturated rings. The van der Waals surface area contributed by atoms with Crippen LogP contribution >= 0.6 is 0 Å². The van der Waals surface area contributed by atoms with Gasteiger partial charge in [0.25, 0.3) is 0 Å². The number of nitrogens with zero attached hydrogens (tertiary/aromatic N) is 1. The van der Waals surface area contributed by atoms with Gasteiger partial charge in [-0.3, -0.25) is 0 Å². The van der Waals surface area contributed by atoms with E-state index in [2.05, 4.69) is 84.3 Å². The summed E-state index contributed by atoms with van der Waals surface area (Å²) in [6, 6.07) is 21.6. The van der Waals surface area contributed by atoms with Crippen LogP contribution in [0.4, 0.5) is 0 Å². The van der Waals surface area contributed by atoms with Crippen LogP contribution < -0.4 is 0 Å². The van der Waals surface area contributed by atoms with Gasteiger partial charge in [-0.1, -0.05) is 60.2 Å². The van der Waals surface area contributed by atoms with Gasteiger partial charge in [-0.25, -0.2) is 0 Å². The Labute approximate surface area is 124 Å². The van der Waals surface area contributed by atoms with E-state index >= 15 is 0 Å². The molecule has 0 aliphatic carbocycles. The summed E-state index contributed by atoms with van der Waals surface area (Å²) in [5.74, 6) is 0. The summed E-state index contributed by atoms with van der Waals surface area (Å²) in [6.07, 6.45) is 4.60. The molecule has 0 bridgehead atoms. The van der Waals surface area contributed by atoms with Gasteiger partial charge in [0.05, 0.1) is 0 Å². The molecule has 0 N–H and O–H groups in total. The number of hydrogen-bond acceptors (Lipinski definition) is 0. The number of aromatic nitrogens is 1. The fraction of sp³-hybridized carbons (Fsp3) is 0.100. The fourth-order valence-corrected chi connectivity index (χ4v) is 3.07. The maximum atomic E-state index is 2.41. The first kappa shape index (κ1) is 12.2. The Kier molecular flexibility index (Phi) is 2.78. The number of fused-ring (bicyclic) bond motifs is 3. The minimum atomic E-state index is 0.932. The molecule has 2 heterocycles. The normalized spacial score (nSPS) is 14.3. The average Bonchev–Trinajstić information content (AvgIpc) is 2.81. The Hall–Kier alpha value is -2.54. The van der Waals surface area contributed by atoms with Crippen LogP contribution in [0.2, 0.25) is 0 Å². The van der Waals surface area contributed by atoms with E-state index in [9.17, 15) is 0 Å². The van der Waals surface area contributed by atoms with Gasteiger partial charge in [0.1, 0.15) is 0 Å². The Morgan fingerprint density at radius 3 is 2.52 bits per heavy atom. The monoisotopic (exact) mass is 271 g/mol. The predicted octanol–water partition coefficient (Wildman–Crippen LogP) is 5.03. The van der Waals surface area contributed by atoms with Gasteiger partial charge >= 0.3 is 0 Å². The van der Waals surface area contributed by atoms with Crippen LogP contribution in [0.3, 0.4) is 0 Å². The smallest absolute Gasteiger partial charge is 0.0500 e. The van der Waals surface area contributed by atoms with Crippen molar-refractivity contribution in [2.45, 2.75) is 13.5 Å². The number of hydrogen-bond donors (Lipinski definition) is 0. The average molecular weight is 271 g/mol. The van der Waals surface area contributed by atoms with Crippen LogP contribution in [-0.4, -0.2) is 4.57 Å². The van der Waals surface area contributed by atoms with E-state index in [0.29, 0.717) is 0 Å². The third kappa shape index (κ3) is 2.02. The van der Waals surface area contributed by atoms with E-state index < -0.39 is 0 Å². The van der Waals surface area contributed by atoms with Crippen LogP contribution in [-0.2, 0) is 6.54 Å². The lowest BCUT2D eigenvalue weighted by Crippen LogP contribution is -2.00. The third-order valence-corrected chi connectivity index (χ3v) is 4.14. The fourth-order valence-electron chi connectivity index (χ4n) is 3.07. The first-order valence-electron chi connectivity index (χ1n) is 7.35. The van der Waals surface area contributed by atoms with Gasteiger partial charge in [0, 0.05) is 28.7 Å². The number of para-hydroxylation sites is 1. The highest BCUT2D eigenvalue weighted by Crippen LogP contribution is 2.32. The molecular formula is C20H17N. The molecule has 3 aromatic rings. The Morgan fingerprint density at radius 1 is 0.905 bits per heavy atom. The van der Waals surface area contributed by atoms with Gasteiger partial charge in [0.2, 0.25) is 0 Å². The highest BCUT2D eigenvalue weighted by atomic mass is 15.0. The first-order valence-corrected chi connectivity index (χ1v) is 7.35. The molecule has 1 heteroatoms. The Balaban J connectivity index is 2.01. The summed E-state index contributed by atoms with van der Waals surface area (Å²) in [4.78, 5) is 0. The van der Waals surface area contributed by atoms with Crippen molar-refractivity contribution in [3.63, 3.8) is 0 Å². The van der Waals surface area contributed by atoms with Gasteiger partial charge in [-0.15, -0.1) is 0 Å². The van der Waals surface area contributed by atoms with Crippen molar-refractivity contribution in [1.82, 2.24) is 4.57 Å². The zero-order valence-electron chi connectivity index (χ0n) is 12.1. The molecule has 102 valence electrons. The van der Waals surface area contributed by atoms with Gasteiger partial charge < -0.3 is 4.57 Å². The molecule has 0 amide bonds. The van der Waals surface area contributed by atoms with Crippen LogP contribution in [0, 0.1) is 0 Å². The highest BCUT2D eigenvalue weighted by Gasteiger charge is 2.15. The van der Waals surface area contributed by atoms with Crippen LogP contribution in [0.5, 0.6) is 0 Å². The van der Waals surface area contributed by atoms with E-state index in [-0.39, 0.29) is 0 Å². The second kappa shape index (κ2) is 4.78. The molecule has 1 aromatic heterocycles. The highest BCUT2D eigenvalue weighted by molar-refractivity contribution is 5.90. The second-order valence-electron chi connectivity index (χ2n) is 5.57. The summed E-state index contributed by atoms with van der Waals surface area (Å²) in [5, 5.41) is 1.31. The van der Waals surface area contributed by atoms with E-state index in [4.69, 9.17) is 0 Å². The standard InChI is InChI=1S/C20H17N/c1-15-11-12-21-19-10-6-5-9-17(19)14-20(21)18(13-15)16-7-3-2-4-8-16/h2-11,13-14H,12H2,1H3. The predicted molar refractivity (Wildman–Crippen MR) is 89.2 cm³/mol. The molecule has 1 aliphatic heterocycles. The summed E-state index contributed by atoms with van der Waals surface area (Å²) < 4.78 is 2.41. The molecule has 2 aromatic carbocycles. The van der Waals surface area contributed by atoms with Crippen molar-refractivity contribution < 1.29 is 0 Å². The minimum absolute atomic E-state index is 0.932. The van der Waals surface area contributed by atoms with Crippen molar-refractivity contribution in [3.8, 4) is 0 Å². The van der Waals surface area contributed by atoms with Crippen molar-refractivity contribution >= 4 is 16.5 Å². The van der Waals surface area contributed by atoms with E-state index in [1.54, 1.807) is 0 Å².